The monoisotopic (exact) mass is 332 g/mol. The van der Waals surface area contributed by atoms with E-state index in [0.717, 1.165) is 5.56 Å². The van der Waals surface area contributed by atoms with Gasteiger partial charge in [-0.25, -0.2) is 8.42 Å². The molecule has 2 aromatic rings. The molecule has 0 saturated heterocycles. The van der Waals surface area contributed by atoms with Gasteiger partial charge in [-0.2, -0.15) is 0 Å². The van der Waals surface area contributed by atoms with E-state index in [4.69, 9.17) is 0 Å². The number of rotatable bonds is 6. The molecule has 0 heterocycles. The van der Waals surface area contributed by atoms with Crippen LogP contribution in [0.1, 0.15) is 22.8 Å². The second-order valence-corrected chi connectivity index (χ2v) is 7.37. The zero-order chi connectivity index (χ0) is 16.9. The topological polar surface area (TPSA) is 66.5 Å². The first-order chi connectivity index (χ1) is 10.9. The largest absolute Gasteiger partial charge is 0.348 e. The Labute approximate surface area is 137 Å². The van der Waals surface area contributed by atoms with Gasteiger partial charge in [0.1, 0.15) is 0 Å². The Morgan fingerprint density at radius 1 is 1.04 bits per heavy atom. The molecule has 0 aliphatic rings. The van der Waals surface area contributed by atoms with Crippen molar-refractivity contribution in [2.75, 3.05) is 17.1 Å². The van der Waals surface area contributed by atoms with Gasteiger partial charge in [0, 0.05) is 19.2 Å². The van der Waals surface area contributed by atoms with Crippen LogP contribution in [0, 0.1) is 0 Å². The van der Waals surface area contributed by atoms with Crippen LogP contribution in [-0.4, -0.2) is 27.1 Å². The van der Waals surface area contributed by atoms with Crippen LogP contribution >= 0.6 is 0 Å². The smallest absolute Gasteiger partial charge is 0.251 e. The predicted octanol–water partition coefficient (Wildman–Crippen LogP) is 2.40. The number of hydrogen-bond acceptors (Lipinski definition) is 3. The Morgan fingerprint density at radius 2 is 1.65 bits per heavy atom. The normalized spacial score (nSPS) is 11.0. The van der Waals surface area contributed by atoms with Crippen LogP contribution in [0.5, 0.6) is 0 Å². The van der Waals surface area contributed by atoms with Gasteiger partial charge in [-0.15, -0.1) is 0 Å². The lowest BCUT2D eigenvalue weighted by Crippen LogP contribution is -2.28. The van der Waals surface area contributed by atoms with Crippen LogP contribution in [-0.2, 0) is 16.6 Å². The van der Waals surface area contributed by atoms with Gasteiger partial charge in [0.2, 0.25) is 10.0 Å². The van der Waals surface area contributed by atoms with E-state index in [-0.39, 0.29) is 11.7 Å². The third-order valence-electron chi connectivity index (χ3n) is 3.57. The highest BCUT2D eigenvalue weighted by atomic mass is 32.2. The highest BCUT2D eigenvalue weighted by Gasteiger charge is 2.16. The number of carbonyl (C=O) groups is 1. The molecule has 0 atom stereocenters. The SMILES string of the molecule is CCS(=O)(=O)N(C)c1ccc(C(=O)NCc2ccccc2)cc1. The fourth-order valence-corrected chi connectivity index (χ4v) is 2.89. The molecule has 2 rings (SSSR count). The van der Waals surface area contributed by atoms with Crippen molar-refractivity contribution < 1.29 is 13.2 Å². The Hall–Kier alpha value is -2.34. The van der Waals surface area contributed by atoms with Gasteiger partial charge in [-0.1, -0.05) is 30.3 Å². The molecule has 0 bridgehead atoms. The second kappa shape index (κ2) is 7.28. The molecular formula is C17H20N2O3S. The van der Waals surface area contributed by atoms with E-state index in [1.807, 2.05) is 30.3 Å². The Balaban J connectivity index is 2.03. The lowest BCUT2D eigenvalue weighted by atomic mass is 10.2. The molecule has 6 heteroatoms. The fraction of sp³-hybridized carbons (Fsp3) is 0.235. The van der Waals surface area contributed by atoms with Gasteiger partial charge in [0.05, 0.1) is 11.4 Å². The van der Waals surface area contributed by atoms with E-state index >= 15 is 0 Å². The van der Waals surface area contributed by atoms with E-state index in [1.165, 1.54) is 11.4 Å². The van der Waals surface area contributed by atoms with E-state index in [2.05, 4.69) is 5.32 Å². The number of nitrogens with one attached hydrogen (secondary N) is 1. The van der Waals surface area contributed by atoms with E-state index in [1.54, 1.807) is 31.2 Å². The molecule has 0 unspecified atom stereocenters. The third kappa shape index (κ3) is 4.32. The van der Waals surface area contributed by atoms with Crippen LogP contribution < -0.4 is 9.62 Å². The van der Waals surface area contributed by atoms with Crippen LogP contribution in [0.15, 0.2) is 54.6 Å². The minimum atomic E-state index is -3.30. The quantitative estimate of drug-likeness (QED) is 0.883. The lowest BCUT2D eigenvalue weighted by Gasteiger charge is -2.18. The Morgan fingerprint density at radius 3 is 2.22 bits per heavy atom. The highest BCUT2D eigenvalue weighted by molar-refractivity contribution is 7.92. The first-order valence-electron chi connectivity index (χ1n) is 7.33. The first kappa shape index (κ1) is 17.0. The lowest BCUT2D eigenvalue weighted by molar-refractivity contribution is 0.0951. The maximum absolute atomic E-state index is 12.1. The standard InChI is InChI=1S/C17H20N2O3S/c1-3-23(21,22)19(2)16-11-9-15(10-12-16)17(20)18-13-14-7-5-4-6-8-14/h4-12H,3,13H2,1-2H3,(H,18,20). The van der Waals surface area contributed by atoms with Gasteiger partial charge in [0.25, 0.3) is 5.91 Å². The van der Waals surface area contributed by atoms with E-state index in [0.29, 0.717) is 17.8 Å². The number of hydrogen-bond donors (Lipinski definition) is 1. The average molecular weight is 332 g/mol. The summed E-state index contributed by atoms with van der Waals surface area (Å²) in [5.74, 6) is -0.163. The molecule has 0 spiro atoms. The Bertz CT molecular complexity index is 756. The summed E-state index contributed by atoms with van der Waals surface area (Å²) in [6.45, 7) is 2.04. The number of sulfonamides is 1. The molecule has 0 fully saturated rings. The molecule has 0 aromatic heterocycles. The van der Waals surface area contributed by atoms with Crippen LogP contribution in [0.25, 0.3) is 0 Å². The number of nitrogens with zero attached hydrogens (tertiary/aromatic N) is 1. The predicted molar refractivity (Wildman–Crippen MR) is 91.9 cm³/mol. The highest BCUT2D eigenvalue weighted by Crippen LogP contribution is 2.17. The molecule has 122 valence electrons. The van der Waals surface area contributed by atoms with Crippen LogP contribution in [0.4, 0.5) is 5.69 Å². The summed E-state index contributed by atoms with van der Waals surface area (Å²) in [6.07, 6.45) is 0. The maximum atomic E-state index is 12.1. The Kier molecular flexibility index (Phi) is 5.39. The zero-order valence-corrected chi connectivity index (χ0v) is 14.0. The first-order valence-corrected chi connectivity index (χ1v) is 8.93. The summed E-state index contributed by atoms with van der Waals surface area (Å²) in [5.41, 5.74) is 2.05. The van der Waals surface area contributed by atoms with Crippen molar-refractivity contribution in [3.63, 3.8) is 0 Å². The fourth-order valence-electron chi connectivity index (χ4n) is 2.06. The van der Waals surface area contributed by atoms with Crippen molar-refractivity contribution in [3.05, 3.63) is 65.7 Å². The number of anilines is 1. The zero-order valence-electron chi connectivity index (χ0n) is 13.2. The van der Waals surface area contributed by atoms with Gasteiger partial charge >= 0.3 is 0 Å². The van der Waals surface area contributed by atoms with Crippen molar-refractivity contribution in [1.82, 2.24) is 5.32 Å². The number of carbonyl (C=O) groups excluding carboxylic acids is 1. The van der Waals surface area contributed by atoms with Gasteiger partial charge in [-0.3, -0.25) is 9.10 Å². The molecule has 2 aromatic carbocycles. The van der Waals surface area contributed by atoms with Crippen molar-refractivity contribution >= 4 is 21.6 Å². The average Bonchev–Trinajstić information content (AvgIpc) is 2.60. The van der Waals surface area contributed by atoms with E-state index < -0.39 is 10.0 Å². The maximum Gasteiger partial charge on any atom is 0.251 e. The summed E-state index contributed by atoms with van der Waals surface area (Å²) in [6, 6.07) is 16.1. The molecule has 1 amide bonds. The second-order valence-electron chi connectivity index (χ2n) is 5.08. The van der Waals surface area contributed by atoms with E-state index in [9.17, 15) is 13.2 Å². The molecule has 0 aliphatic carbocycles. The summed E-state index contributed by atoms with van der Waals surface area (Å²) < 4.78 is 24.9. The van der Waals surface area contributed by atoms with Gasteiger partial charge in [0.15, 0.2) is 0 Å². The summed E-state index contributed by atoms with van der Waals surface area (Å²) in [5, 5.41) is 2.83. The van der Waals surface area contributed by atoms with Crippen LogP contribution in [0.2, 0.25) is 0 Å². The van der Waals surface area contributed by atoms with Crippen LogP contribution in [0.3, 0.4) is 0 Å². The summed E-state index contributed by atoms with van der Waals surface area (Å²) in [7, 11) is -1.79. The van der Waals surface area contributed by atoms with Crippen molar-refractivity contribution in [3.8, 4) is 0 Å². The number of amides is 1. The summed E-state index contributed by atoms with van der Waals surface area (Å²) >= 11 is 0. The summed E-state index contributed by atoms with van der Waals surface area (Å²) in [4.78, 5) is 12.1. The molecule has 0 saturated carbocycles. The minimum Gasteiger partial charge on any atom is -0.348 e. The third-order valence-corrected chi connectivity index (χ3v) is 5.35. The molecule has 0 radical (unpaired) electrons. The molecule has 5 nitrogen and oxygen atoms in total. The molecule has 23 heavy (non-hydrogen) atoms. The molecule has 0 aliphatic heterocycles. The number of benzene rings is 2. The van der Waals surface area contributed by atoms with Crippen molar-refractivity contribution in [2.24, 2.45) is 0 Å². The van der Waals surface area contributed by atoms with Crippen molar-refractivity contribution in [1.29, 1.82) is 0 Å². The molecule has 1 N–H and O–H groups in total. The van der Waals surface area contributed by atoms with Crippen molar-refractivity contribution in [2.45, 2.75) is 13.5 Å². The molecular weight excluding hydrogens is 312 g/mol. The minimum absolute atomic E-state index is 0.0306. The van der Waals surface area contributed by atoms with Gasteiger partial charge < -0.3 is 5.32 Å². The van der Waals surface area contributed by atoms with Gasteiger partial charge in [-0.05, 0) is 36.8 Å².